The zero-order valence-corrected chi connectivity index (χ0v) is 16.6. The lowest BCUT2D eigenvalue weighted by atomic mass is 10.1. The standard InChI is InChI=1S/C21H16ClN3O2S/c1-25-20(27)15-10-13-6-2-3-7-14(13)11-18(15)24-21(25)28-12-19(26)23-17-9-5-4-8-16(17)22/h2-11H,12H2,1H3,(H,23,26). The highest BCUT2D eigenvalue weighted by Crippen LogP contribution is 2.23. The molecule has 0 aliphatic carbocycles. The van der Waals surface area contributed by atoms with E-state index in [0.717, 1.165) is 10.8 Å². The van der Waals surface area contributed by atoms with Crippen molar-refractivity contribution in [3.63, 3.8) is 0 Å². The summed E-state index contributed by atoms with van der Waals surface area (Å²) in [5, 5.41) is 6.30. The zero-order valence-electron chi connectivity index (χ0n) is 15.0. The molecule has 0 fully saturated rings. The van der Waals surface area contributed by atoms with E-state index in [9.17, 15) is 9.59 Å². The number of para-hydroxylation sites is 1. The first kappa shape index (κ1) is 18.5. The molecule has 0 radical (unpaired) electrons. The minimum absolute atomic E-state index is 0.116. The highest BCUT2D eigenvalue weighted by atomic mass is 35.5. The Labute approximate surface area is 170 Å². The number of nitrogens with zero attached hydrogens (tertiary/aromatic N) is 2. The number of fused-ring (bicyclic) bond motifs is 2. The van der Waals surface area contributed by atoms with Gasteiger partial charge < -0.3 is 5.32 Å². The van der Waals surface area contributed by atoms with Gasteiger partial charge in [-0.25, -0.2) is 4.98 Å². The molecule has 0 unspecified atom stereocenters. The molecule has 4 aromatic rings. The van der Waals surface area contributed by atoms with Crippen molar-refractivity contribution >= 4 is 56.6 Å². The van der Waals surface area contributed by atoms with Gasteiger partial charge in [-0.15, -0.1) is 0 Å². The van der Waals surface area contributed by atoms with Gasteiger partial charge in [0, 0.05) is 7.05 Å². The Morgan fingerprint density at radius 2 is 1.79 bits per heavy atom. The third-order valence-electron chi connectivity index (χ3n) is 4.38. The highest BCUT2D eigenvalue weighted by Gasteiger charge is 2.12. The minimum Gasteiger partial charge on any atom is -0.324 e. The number of carbonyl (C=O) groups excluding carboxylic acids is 1. The van der Waals surface area contributed by atoms with Crippen LogP contribution in [0.5, 0.6) is 0 Å². The second kappa shape index (κ2) is 7.66. The molecule has 0 saturated heterocycles. The average Bonchev–Trinajstić information content (AvgIpc) is 2.70. The Kier molecular flexibility index (Phi) is 5.07. The number of hydrogen-bond acceptors (Lipinski definition) is 4. The third kappa shape index (κ3) is 3.61. The first-order valence-electron chi connectivity index (χ1n) is 8.59. The van der Waals surface area contributed by atoms with Crippen LogP contribution in [0.4, 0.5) is 5.69 Å². The minimum atomic E-state index is -0.217. The molecule has 7 heteroatoms. The Balaban J connectivity index is 1.61. The maximum absolute atomic E-state index is 12.8. The summed E-state index contributed by atoms with van der Waals surface area (Å²) < 4.78 is 1.48. The highest BCUT2D eigenvalue weighted by molar-refractivity contribution is 7.99. The molecule has 3 aromatic carbocycles. The van der Waals surface area contributed by atoms with Crippen LogP contribution in [0.1, 0.15) is 0 Å². The fourth-order valence-electron chi connectivity index (χ4n) is 2.95. The van der Waals surface area contributed by atoms with Crippen LogP contribution in [0.25, 0.3) is 21.7 Å². The van der Waals surface area contributed by atoms with Crippen LogP contribution in [-0.4, -0.2) is 21.2 Å². The van der Waals surface area contributed by atoms with E-state index in [-0.39, 0.29) is 17.2 Å². The fourth-order valence-corrected chi connectivity index (χ4v) is 3.90. The molecule has 4 rings (SSSR count). The molecule has 0 bridgehead atoms. The van der Waals surface area contributed by atoms with Crippen molar-refractivity contribution in [1.29, 1.82) is 0 Å². The van der Waals surface area contributed by atoms with E-state index in [1.54, 1.807) is 31.3 Å². The Morgan fingerprint density at radius 3 is 2.54 bits per heavy atom. The van der Waals surface area contributed by atoms with Gasteiger partial charge in [-0.1, -0.05) is 59.8 Å². The largest absolute Gasteiger partial charge is 0.324 e. The second-order valence-electron chi connectivity index (χ2n) is 6.29. The second-order valence-corrected chi connectivity index (χ2v) is 7.64. The lowest BCUT2D eigenvalue weighted by Crippen LogP contribution is -2.21. The topological polar surface area (TPSA) is 64.0 Å². The Bertz CT molecular complexity index is 1270. The number of thioether (sulfide) groups is 1. The maximum atomic E-state index is 12.8. The molecule has 1 amide bonds. The van der Waals surface area contributed by atoms with E-state index in [1.807, 2.05) is 36.4 Å². The van der Waals surface area contributed by atoms with Crippen molar-refractivity contribution in [2.75, 3.05) is 11.1 Å². The smallest absolute Gasteiger partial charge is 0.261 e. The summed E-state index contributed by atoms with van der Waals surface area (Å²) in [4.78, 5) is 29.6. The maximum Gasteiger partial charge on any atom is 0.261 e. The molecule has 1 aromatic heterocycles. The fraction of sp³-hybridized carbons (Fsp3) is 0.0952. The summed E-state index contributed by atoms with van der Waals surface area (Å²) in [6, 6.07) is 18.6. The van der Waals surface area contributed by atoms with Gasteiger partial charge in [0.1, 0.15) is 0 Å². The van der Waals surface area contributed by atoms with Crippen LogP contribution in [0.2, 0.25) is 5.02 Å². The number of halogens is 1. The molecule has 1 heterocycles. The number of benzene rings is 3. The van der Waals surface area contributed by atoms with Crippen LogP contribution >= 0.6 is 23.4 Å². The Morgan fingerprint density at radius 1 is 1.11 bits per heavy atom. The summed E-state index contributed by atoms with van der Waals surface area (Å²) in [6.07, 6.45) is 0. The van der Waals surface area contributed by atoms with Crippen LogP contribution in [0.3, 0.4) is 0 Å². The molecular formula is C21H16ClN3O2S. The van der Waals surface area contributed by atoms with E-state index in [2.05, 4.69) is 10.3 Å². The number of anilines is 1. The molecule has 140 valence electrons. The van der Waals surface area contributed by atoms with E-state index in [0.29, 0.717) is 26.8 Å². The molecule has 0 spiro atoms. The summed E-state index contributed by atoms with van der Waals surface area (Å²) >= 11 is 7.28. The van der Waals surface area contributed by atoms with E-state index in [4.69, 9.17) is 11.6 Å². The summed E-state index contributed by atoms with van der Waals surface area (Å²) in [7, 11) is 1.66. The predicted molar refractivity (Wildman–Crippen MR) is 115 cm³/mol. The van der Waals surface area contributed by atoms with Crippen LogP contribution < -0.4 is 10.9 Å². The van der Waals surface area contributed by atoms with Crippen molar-refractivity contribution < 1.29 is 4.79 Å². The van der Waals surface area contributed by atoms with Gasteiger partial charge in [0.05, 0.1) is 27.4 Å². The molecule has 0 aliphatic heterocycles. The molecule has 0 aliphatic rings. The number of carbonyl (C=O) groups is 1. The van der Waals surface area contributed by atoms with Crippen molar-refractivity contribution in [1.82, 2.24) is 9.55 Å². The summed E-state index contributed by atoms with van der Waals surface area (Å²) in [5.41, 5.74) is 1.04. The average molecular weight is 410 g/mol. The first-order valence-corrected chi connectivity index (χ1v) is 9.96. The normalized spacial score (nSPS) is 11.1. The van der Waals surface area contributed by atoms with E-state index < -0.39 is 0 Å². The molecular weight excluding hydrogens is 394 g/mol. The summed E-state index contributed by atoms with van der Waals surface area (Å²) in [6.45, 7) is 0. The third-order valence-corrected chi connectivity index (χ3v) is 5.74. The quantitative estimate of drug-likeness (QED) is 0.307. The van der Waals surface area contributed by atoms with Gasteiger partial charge in [0.2, 0.25) is 5.91 Å². The van der Waals surface area contributed by atoms with Crippen molar-refractivity contribution in [2.24, 2.45) is 7.05 Å². The lowest BCUT2D eigenvalue weighted by molar-refractivity contribution is -0.113. The van der Waals surface area contributed by atoms with E-state index >= 15 is 0 Å². The predicted octanol–water partition coefficient (Wildman–Crippen LogP) is 4.47. The van der Waals surface area contributed by atoms with Gasteiger partial charge in [0.25, 0.3) is 5.56 Å². The van der Waals surface area contributed by atoms with Crippen LogP contribution in [0.15, 0.2) is 70.6 Å². The summed E-state index contributed by atoms with van der Waals surface area (Å²) in [5.74, 6) is -0.101. The van der Waals surface area contributed by atoms with Crippen molar-refractivity contribution in [3.8, 4) is 0 Å². The van der Waals surface area contributed by atoms with Crippen molar-refractivity contribution in [2.45, 2.75) is 5.16 Å². The molecule has 28 heavy (non-hydrogen) atoms. The van der Waals surface area contributed by atoms with Crippen molar-refractivity contribution in [3.05, 3.63) is 76.0 Å². The van der Waals surface area contributed by atoms with Gasteiger partial charge >= 0.3 is 0 Å². The van der Waals surface area contributed by atoms with Gasteiger partial charge in [0.15, 0.2) is 5.16 Å². The van der Waals surface area contributed by atoms with Crippen LogP contribution in [-0.2, 0) is 11.8 Å². The number of rotatable bonds is 4. The lowest BCUT2D eigenvalue weighted by Gasteiger charge is -2.10. The number of nitrogens with one attached hydrogen (secondary N) is 1. The van der Waals surface area contributed by atoms with Gasteiger partial charge in [-0.3, -0.25) is 14.2 Å². The van der Waals surface area contributed by atoms with Gasteiger partial charge in [-0.2, -0.15) is 0 Å². The van der Waals surface area contributed by atoms with Crippen LogP contribution in [0, 0.1) is 0 Å². The van der Waals surface area contributed by atoms with Gasteiger partial charge in [-0.05, 0) is 35.0 Å². The Hall–Kier alpha value is -2.83. The monoisotopic (exact) mass is 409 g/mol. The first-order chi connectivity index (χ1) is 13.5. The SMILES string of the molecule is Cn1c(SCC(=O)Nc2ccccc2Cl)nc2cc3ccccc3cc2c1=O. The molecule has 1 N–H and O–H groups in total. The molecule has 5 nitrogen and oxygen atoms in total. The number of amides is 1. The molecule has 0 saturated carbocycles. The zero-order chi connectivity index (χ0) is 19.7. The number of aromatic nitrogens is 2. The van der Waals surface area contributed by atoms with E-state index in [1.165, 1.54) is 16.3 Å². The number of hydrogen-bond donors (Lipinski definition) is 1. The molecule has 0 atom stereocenters.